The van der Waals surface area contributed by atoms with Gasteiger partial charge in [0.25, 0.3) is 0 Å². The van der Waals surface area contributed by atoms with E-state index in [9.17, 15) is 22.8 Å². The molecule has 0 aliphatic heterocycles. The van der Waals surface area contributed by atoms with Gasteiger partial charge in [0.2, 0.25) is 5.91 Å². The molecule has 128 valence electrons. The Balaban J connectivity index is 2.57. The van der Waals surface area contributed by atoms with E-state index in [2.05, 4.69) is 10.1 Å². The Bertz CT molecular complexity index is 543. The van der Waals surface area contributed by atoms with Crippen molar-refractivity contribution in [3.05, 3.63) is 35.4 Å². The van der Waals surface area contributed by atoms with Crippen LogP contribution in [0.4, 0.5) is 13.2 Å². The van der Waals surface area contributed by atoms with E-state index in [1.54, 1.807) is 6.92 Å². The number of rotatable bonds is 7. The number of carboxylic acid groups (broad SMARTS) is 1. The van der Waals surface area contributed by atoms with E-state index in [-0.39, 0.29) is 18.9 Å². The largest absolute Gasteiger partial charge is 0.479 e. The molecule has 0 spiro atoms. The van der Waals surface area contributed by atoms with E-state index in [0.717, 1.165) is 12.1 Å². The molecule has 0 saturated carbocycles. The Hall–Kier alpha value is -2.09. The van der Waals surface area contributed by atoms with Gasteiger partial charge in [-0.15, -0.1) is 0 Å². The van der Waals surface area contributed by atoms with Crippen molar-refractivity contribution in [3.8, 4) is 0 Å². The summed E-state index contributed by atoms with van der Waals surface area (Å²) < 4.78 is 42.1. The summed E-state index contributed by atoms with van der Waals surface area (Å²) >= 11 is 0. The van der Waals surface area contributed by atoms with Gasteiger partial charge in [-0.3, -0.25) is 4.79 Å². The van der Waals surface area contributed by atoms with Gasteiger partial charge in [-0.2, -0.15) is 13.2 Å². The van der Waals surface area contributed by atoms with Crippen LogP contribution < -0.4 is 5.32 Å². The standard InChI is InChI=1S/C15H18F3NO4/c1-9(7-13(20)19-8-12(23-2)14(21)22)10-3-5-11(6-4-10)15(16,17)18/h3-6,9,12H,7-8H2,1-2H3,(H,19,20)(H,21,22). The van der Waals surface area contributed by atoms with E-state index < -0.39 is 29.7 Å². The van der Waals surface area contributed by atoms with Crippen molar-refractivity contribution in [3.63, 3.8) is 0 Å². The topological polar surface area (TPSA) is 75.6 Å². The summed E-state index contributed by atoms with van der Waals surface area (Å²) in [6.45, 7) is 1.53. The summed E-state index contributed by atoms with van der Waals surface area (Å²) in [4.78, 5) is 22.5. The highest BCUT2D eigenvalue weighted by Crippen LogP contribution is 2.30. The minimum Gasteiger partial charge on any atom is -0.479 e. The maximum Gasteiger partial charge on any atom is 0.416 e. The quantitative estimate of drug-likeness (QED) is 0.803. The second kappa shape index (κ2) is 7.96. The van der Waals surface area contributed by atoms with Crippen LogP contribution in [-0.2, 0) is 20.5 Å². The average molecular weight is 333 g/mol. The van der Waals surface area contributed by atoms with Crippen molar-refractivity contribution in [1.29, 1.82) is 0 Å². The van der Waals surface area contributed by atoms with Crippen molar-refractivity contribution < 1.29 is 32.6 Å². The summed E-state index contributed by atoms with van der Waals surface area (Å²) in [5, 5.41) is 11.2. The van der Waals surface area contributed by atoms with E-state index in [1.807, 2.05) is 0 Å². The van der Waals surface area contributed by atoms with Crippen molar-refractivity contribution in [2.24, 2.45) is 0 Å². The van der Waals surface area contributed by atoms with Gasteiger partial charge in [0.15, 0.2) is 6.10 Å². The second-order valence-corrected chi connectivity index (χ2v) is 5.09. The molecule has 0 aliphatic carbocycles. The number of ether oxygens (including phenoxy) is 1. The zero-order chi connectivity index (χ0) is 17.6. The highest BCUT2D eigenvalue weighted by molar-refractivity contribution is 5.78. The Labute approximate surface area is 131 Å². The first kappa shape index (κ1) is 19.0. The van der Waals surface area contributed by atoms with Gasteiger partial charge in [0.05, 0.1) is 12.1 Å². The smallest absolute Gasteiger partial charge is 0.416 e. The van der Waals surface area contributed by atoms with E-state index in [1.165, 1.54) is 19.2 Å². The molecule has 1 amide bonds. The molecule has 8 heteroatoms. The molecule has 1 aromatic rings. The molecule has 23 heavy (non-hydrogen) atoms. The number of methoxy groups -OCH3 is 1. The number of hydrogen-bond donors (Lipinski definition) is 2. The SMILES string of the molecule is COC(CNC(=O)CC(C)c1ccc(C(F)(F)F)cc1)C(=O)O. The van der Waals surface area contributed by atoms with Gasteiger partial charge in [0.1, 0.15) is 0 Å². The fraction of sp³-hybridized carbons (Fsp3) is 0.467. The molecule has 0 saturated heterocycles. The number of aliphatic carboxylic acids is 1. The number of nitrogens with one attached hydrogen (secondary N) is 1. The summed E-state index contributed by atoms with van der Waals surface area (Å²) in [7, 11) is 1.22. The van der Waals surface area contributed by atoms with Gasteiger partial charge in [-0.05, 0) is 23.6 Å². The number of benzene rings is 1. The minimum absolute atomic E-state index is 0.0292. The lowest BCUT2D eigenvalue weighted by Gasteiger charge is -2.15. The van der Waals surface area contributed by atoms with Crippen LogP contribution in [0.25, 0.3) is 0 Å². The first-order chi connectivity index (χ1) is 10.6. The molecule has 2 atom stereocenters. The molecule has 5 nitrogen and oxygen atoms in total. The third-order valence-corrected chi connectivity index (χ3v) is 3.34. The van der Waals surface area contributed by atoms with Gasteiger partial charge >= 0.3 is 12.1 Å². The van der Waals surface area contributed by atoms with Crippen LogP contribution in [0.15, 0.2) is 24.3 Å². The van der Waals surface area contributed by atoms with E-state index in [4.69, 9.17) is 5.11 Å². The van der Waals surface area contributed by atoms with Gasteiger partial charge in [-0.25, -0.2) is 4.79 Å². The normalized spacial score (nSPS) is 14.1. The summed E-state index contributed by atoms with van der Waals surface area (Å²) in [5.74, 6) is -1.90. The molecule has 2 unspecified atom stereocenters. The molecular weight excluding hydrogens is 315 g/mol. The second-order valence-electron chi connectivity index (χ2n) is 5.09. The Morgan fingerprint density at radius 3 is 2.26 bits per heavy atom. The molecule has 1 aromatic carbocycles. The molecule has 2 N–H and O–H groups in total. The highest BCUT2D eigenvalue weighted by atomic mass is 19.4. The lowest BCUT2D eigenvalue weighted by Crippen LogP contribution is -2.38. The predicted molar refractivity (Wildman–Crippen MR) is 75.9 cm³/mol. The number of amides is 1. The van der Waals surface area contributed by atoms with Gasteiger partial charge < -0.3 is 15.2 Å². The Morgan fingerprint density at radius 1 is 1.26 bits per heavy atom. The number of carbonyl (C=O) groups is 2. The van der Waals surface area contributed by atoms with E-state index in [0.29, 0.717) is 5.56 Å². The van der Waals surface area contributed by atoms with Gasteiger partial charge in [-0.1, -0.05) is 19.1 Å². The lowest BCUT2D eigenvalue weighted by molar-refractivity contribution is -0.148. The van der Waals surface area contributed by atoms with Crippen molar-refractivity contribution in [2.75, 3.05) is 13.7 Å². The first-order valence-corrected chi connectivity index (χ1v) is 6.84. The molecule has 0 heterocycles. The van der Waals surface area contributed by atoms with E-state index >= 15 is 0 Å². The van der Waals surface area contributed by atoms with Crippen LogP contribution in [0.5, 0.6) is 0 Å². The number of alkyl halides is 3. The molecule has 0 radical (unpaired) electrons. The van der Waals surface area contributed by atoms with Crippen molar-refractivity contribution in [2.45, 2.75) is 31.5 Å². The lowest BCUT2D eigenvalue weighted by atomic mass is 9.96. The predicted octanol–water partition coefficient (Wildman–Crippen LogP) is 2.41. The summed E-state index contributed by atoms with van der Waals surface area (Å²) in [5.41, 5.74) is -0.156. The molecular formula is C15H18F3NO4. The Morgan fingerprint density at radius 2 is 1.83 bits per heavy atom. The maximum absolute atomic E-state index is 12.5. The van der Waals surface area contributed by atoms with Crippen molar-refractivity contribution >= 4 is 11.9 Å². The summed E-state index contributed by atoms with van der Waals surface area (Å²) in [6.07, 6.45) is -5.51. The number of halogens is 3. The van der Waals surface area contributed by atoms with Gasteiger partial charge in [0, 0.05) is 13.5 Å². The Kier molecular flexibility index (Phi) is 6.56. The zero-order valence-corrected chi connectivity index (χ0v) is 12.7. The number of hydrogen-bond acceptors (Lipinski definition) is 3. The van der Waals surface area contributed by atoms with Crippen LogP contribution >= 0.6 is 0 Å². The summed E-state index contributed by atoms with van der Waals surface area (Å²) in [6, 6.07) is 4.59. The number of carbonyl (C=O) groups excluding carboxylic acids is 1. The number of carboxylic acids is 1. The maximum atomic E-state index is 12.5. The molecule has 0 bridgehead atoms. The molecule has 0 aliphatic rings. The first-order valence-electron chi connectivity index (χ1n) is 6.84. The third kappa shape index (κ3) is 5.90. The third-order valence-electron chi connectivity index (χ3n) is 3.34. The van der Waals surface area contributed by atoms with Crippen molar-refractivity contribution in [1.82, 2.24) is 5.32 Å². The van der Waals surface area contributed by atoms with Crippen LogP contribution in [0, 0.1) is 0 Å². The monoisotopic (exact) mass is 333 g/mol. The fourth-order valence-corrected chi connectivity index (χ4v) is 1.95. The zero-order valence-electron chi connectivity index (χ0n) is 12.7. The average Bonchev–Trinajstić information content (AvgIpc) is 2.46. The van der Waals surface area contributed by atoms with Crippen LogP contribution in [-0.4, -0.2) is 36.7 Å². The molecule has 1 rings (SSSR count). The van der Waals surface area contributed by atoms with Crippen LogP contribution in [0.2, 0.25) is 0 Å². The highest BCUT2D eigenvalue weighted by Gasteiger charge is 2.30. The van der Waals surface area contributed by atoms with Crippen LogP contribution in [0.1, 0.15) is 30.4 Å². The fourth-order valence-electron chi connectivity index (χ4n) is 1.95. The molecule has 0 fully saturated rings. The minimum atomic E-state index is -4.40. The molecule has 0 aromatic heterocycles. The van der Waals surface area contributed by atoms with Crippen LogP contribution in [0.3, 0.4) is 0 Å².